The van der Waals surface area contributed by atoms with E-state index in [4.69, 9.17) is 10.5 Å². The number of benzene rings is 1. The van der Waals surface area contributed by atoms with Gasteiger partial charge in [0, 0.05) is 17.5 Å². The molecule has 0 saturated carbocycles. The van der Waals surface area contributed by atoms with E-state index in [0.29, 0.717) is 25.4 Å². The smallest absolute Gasteiger partial charge is 0.270 e. The van der Waals surface area contributed by atoms with Crippen molar-refractivity contribution in [2.75, 3.05) is 19.7 Å². The quantitative estimate of drug-likeness (QED) is 0.733. The molecule has 0 fully saturated rings. The van der Waals surface area contributed by atoms with Gasteiger partial charge in [-0.25, -0.2) is 4.98 Å². The number of carbonyl (C=O) groups excluding carboxylic acids is 1. The Morgan fingerprint density at radius 3 is 2.82 bits per heavy atom. The van der Waals surface area contributed by atoms with Crippen LogP contribution in [-0.2, 0) is 0 Å². The van der Waals surface area contributed by atoms with Crippen molar-refractivity contribution in [2.24, 2.45) is 5.73 Å². The van der Waals surface area contributed by atoms with E-state index in [2.05, 4.69) is 17.2 Å². The van der Waals surface area contributed by atoms with Gasteiger partial charge in [-0.2, -0.15) is 0 Å². The highest BCUT2D eigenvalue weighted by atomic mass is 32.1. The Hall–Kier alpha value is -1.92. The first kappa shape index (κ1) is 16.5. The molecule has 0 aliphatic carbocycles. The van der Waals surface area contributed by atoms with E-state index in [0.717, 1.165) is 29.2 Å². The zero-order valence-corrected chi connectivity index (χ0v) is 13.5. The van der Waals surface area contributed by atoms with Crippen LogP contribution in [0.4, 0.5) is 0 Å². The number of carbonyl (C=O) groups is 1. The van der Waals surface area contributed by atoms with Crippen LogP contribution in [0.2, 0.25) is 0 Å². The topological polar surface area (TPSA) is 77.2 Å². The lowest BCUT2D eigenvalue weighted by Gasteiger charge is -2.04. The van der Waals surface area contributed by atoms with Crippen molar-refractivity contribution in [3.63, 3.8) is 0 Å². The second-order valence-corrected chi connectivity index (χ2v) is 5.67. The Bertz CT molecular complexity index is 596. The van der Waals surface area contributed by atoms with E-state index >= 15 is 0 Å². The number of thiazole rings is 1. The maximum absolute atomic E-state index is 11.9. The summed E-state index contributed by atoms with van der Waals surface area (Å²) in [5.41, 5.74) is 6.83. The fraction of sp³-hybridized carbons (Fsp3) is 0.375. The zero-order chi connectivity index (χ0) is 15.8. The molecule has 22 heavy (non-hydrogen) atoms. The molecule has 1 heterocycles. The number of rotatable bonds is 8. The Morgan fingerprint density at radius 1 is 1.36 bits per heavy atom. The molecule has 0 atom stereocenters. The summed E-state index contributed by atoms with van der Waals surface area (Å²) < 4.78 is 5.55. The van der Waals surface area contributed by atoms with E-state index in [-0.39, 0.29) is 5.91 Å². The van der Waals surface area contributed by atoms with Crippen LogP contribution in [0.25, 0.3) is 10.6 Å². The van der Waals surface area contributed by atoms with Crippen molar-refractivity contribution in [3.8, 4) is 16.3 Å². The standard InChI is InChI=1S/C16H21N3O2S/c1-2-10-21-13-6-4-12(5-7-13)16-19-14(11-22-16)15(20)18-9-3-8-17/h4-7,11H,2-3,8-10,17H2,1H3,(H,18,20). The molecule has 0 aliphatic heterocycles. The molecule has 6 heteroatoms. The summed E-state index contributed by atoms with van der Waals surface area (Å²) in [6.45, 7) is 3.93. The molecule has 118 valence electrons. The number of hydrogen-bond donors (Lipinski definition) is 2. The molecule has 0 spiro atoms. The van der Waals surface area contributed by atoms with Crippen LogP contribution in [0.5, 0.6) is 5.75 Å². The lowest BCUT2D eigenvalue weighted by atomic mass is 10.2. The SMILES string of the molecule is CCCOc1ccc(-c2nc(C(=O)NCCCN)cs2)cc1. The van der Waals surface area contributed by atoms with Crippen molar-refractivity contribution in [3.05, 3.63) is 35.3 Å². The van der Waals surface area contributed by atoms with Crippen LogP contribution in [-0.4, -0.2) is 30.6 Å². The molecule has 3 N–H and O–H groups in total. The molecule has 0 bridgehead atoms. The molecule has 2 rings (SSSR count). The van der Waals surface area contributed by atoms with E-state index in [1.54, 1.807) is 5.38 Å². The minimum atomic E-state index is -0.154. The summed E-state index contributed by atoms with van der Waals surface area (Å²) in [6.07, 6.45) is 1.75. The second kappa shape index (κ2) is 8.51. The lowest BCUT2D eigenvalue weighted by Crippen LogP contribution is -2.26. The van der Waals surface area contributed by atoms with Crippen LogP contribution in [0, 0.1) is 0 Å². The average Bonchev–Trinajstić information content (AvgIpc) is 3.03. The molecule has 0 radical (unpaired) electrons. The maximum Gasteiger partial charge on any atom is 0.270 e. The minimum absolute atomic E-state index is 0.154. The van der Waals surface area contributed by atoms with Crippen molar-refractivity contribution < 1.29 is 9.53 Å². The molecule has 2 aromatic rings. The summed E-state index contributed by atoms with van der Waals surface area (Å²) in [5.74, 6) is 0.695. The first-order chi connectivity index (χ1) is 10.7. The van der Waals surface area contributed by atoms with Crippen molar-refractivity contribution in [2.45, 2.75) is 19.8 Å². The molecule has 1 aromatic heterocycles. The molecule has 1 amide bonds. The van der Waals surface area contributed by atoms with Crippen molar-refractivity contribution in [1.29, 1.82) is 0 Å². The van der Waals surface area contributed by atoms with E-state index in [1.807, 2.05) is 24.3 Å². The summed E-state index contributed by atoms with van der Waals surface area (Å²) in [4.78, 5) is 16.3. The van der Waals surface area contributed by atoms with Gasteiger partial charge in [-0.05, 0) is 43.7 Å². The van der Waals surface area contributed by atoms with Gasteiger partial charge < -0.3 is 15.8 Å². The van der Waals surface area contributed by atoms with E-state index in [1.165, 1.54) is 11.3 Å². The molecule has 0 unspecified atom stereocenters. The Labute approximate surface area is 134 Å². The van der Waals surface area contributed by atoms with Gasteiger partial charge in [0.05, 0.1) is 6.61 Å². The number of nitrogens with zero attached hydrogens (tertiary/aromatic N) is 1. The highest BCUT2D eigenvalue weighted by molar-refractivity contribution is 7.13. The Kier molecular flexibility index (Phi) is 6.36. The molecule has 5 nitrogen and oxygen atoms in total. The Morgan fingerprint density at radius 2 is 2.14 bits per heavy atom. The van der Waals surface area contributed by atoms with E-state index in [9.17, 15) is 4.79 Å². The van der Waals surface area contributed by atoms with Gasteiger partial charge in [-0.1, -0.05) is 6.92 Å². The molecule has 1 aromatic carbocycles. The van der Waals surface area contributed by atoms with Crippen LogP contribution in [0.3, 0.4) is 0 Å². The maximum atomic E-state index is 11.9. The summed E-state index contributed by atoms with van der Waals surface area (Å²) in [5, 5.41) is 5.40. The number of ether oxygens (including phenoxy) is 1. The van der Waals surface area contributed by atoms with Crippen LogP contribution in [0.15, 0.2) is 29.6 Å². The fourth-order valence-electron chi connectivity index (χ4n) is 1.82. The monoisotopic (exact) mass is 319 g/mol. The van der Waals surface area contributed by atoms with E-state index < -0.39 is 0 Å². The first-order valence-corrected chi connectivity index (χ1v) is 8.29. The van der Waals surface area contributed by atoms with Crippen LogP contribution in [0.1, 0.15) is 30.3 Å². The number of amides is 1. The zero-order valence-electron chi connectivity index (χ0n) is 12.7. The van der Waals surface area contributed by atoms with Crippen LogP contribution < -0.4 is 15.8 Å². The third-order valence-electron chi connectivity index (χ3n) is 2.98. The van der Waals surface area contributed by atoms with Crippen LogP contribution >= 0.6 is 11.3 Å². The van der Waals surface area contributed by atoms with Crippen molar-refractivity contribution >= 4 is 17.2 Å². The highest BCUT2D eigenvalue weighted by Crippen LogP contribution is 2.25. The third-order valence-corrected chi connectivity index (χ3v) is 3.87. The largest absolute Gasteiger partial charge is 0.494 e. The number of hydrogen-bond acceptors (Lipinski definition) is 5. The van der Waals surface area contributed by atoms with Gasteiger partial charge >= 0.3 is 0 Å². The fourth-order valence-corrected chi connectivity index (χ4v) is 2.63. The normalized spacial score (nSPS) is 10.5. The van der Waals surface area contributed by atoms with Gasteiger partial charge in [0.2, 0.25) is 0 Å². The summed E-state index contributed by atoms with van der Waals surface area (Å²) >= 11 is 1.46. The number of nitrogens with one attached hydrogen (secondary N) is 1. The number of aromatic nitrogens is 1. The van der Waals surface area contributed by atoms with Gasteiger partial charge in [0.25, 0.3) is 5.91 Å². The van der Waals surface area contributed by atoms with Gasteiger partial charge in [-0.3, -0.25) is 4.79 Å². The van der Waals surface area contributed by atoms with Gasteiger partial charge in [0.15, 0.2) is 0 Å². The second-order valence-electron chi connectivity index (χ2n) is 4.81. The molecular weight excluding hydrogens is 298 g/mol. The van der Waals surface area contributed by atoms with Gasteiger partial charge in [0.1, 0.15) is 16.5 Å². The lowest BCUT2D eigenvalue weighted by molar-refractivity contribution is 0.0949. The van der Waals surface area contributed by atoms with Crippen molar-refractivity contribution in [1.82, 2.24) is 10.3 Å². The average molecular weight is 319 g/mol. The molecule has 0 aliphatic rings. The summed E-state index contributed by atoms with van der Waals surface area (Å²) in [7, 11) is 0. The predicted octanol–water partition coefficient (Wildman–Crippen LogP) is 2.68. The molecular formula is C16H21N3O2S. The third kappa shape index (κ3) is 4.54. The Balaban J connectivity index is 1.99. The molecule has 0 saturated heterocycles. The summed E-state index contributed by atoms with van der Waals surface area (Å²) in [6, 6.07) is 7.76. The number of nitrogens with two attached hydrogens (primary N) is 1. The predicted molar refractivity (Wildman–Crippen MR) is 89.3 cm³/mol. The highest BCUT2D eigenvalue weighted by Gasteiger charge is 2.11. The minimum Gasteiger partial charge on any atom is -0.494 e. The van der Waals surface area contributed by atoms with Gasteiger partial charge in [-0.15, -0.1) is 11.3 Å². The first-order valence-electron chi connectivity index (χ1n) is 7.41.